The molecule has 0 spiro atoms. The molecule has 0 aromatic heterocycles. The van der Waals surface area contributed by atoms with Crippen LogP contribution >= 0.6 is 23.2 Å². The summed E-state index contributed by atoms with van der Waals surface area (Å²) in [5, 5.41) is 4.21. The minimum absolute atomic E-state index is 0.486. The van der Waals surface area contributed by atoms with E-state index in [4.69, 9.17) is 28.9 Å². The van der Waals surface area contributed by atoms with E-state index in [9.17, 15) is 0 Å². The maximum Gasteiger partial charge on any atom is 0.119 e. The second kappa shape index (κ2) is 9.66. The van der Waals surface area contributed by atoms with Gasteiger partial charge in [0.15, 0.2) is 0 Å². The van der Waals surface area contributed by atoms with Gasteiger partial charge in [0.2, 0.25) is 0 Å². The van der Waals surface area contributed by atoms with Crippen LogP contribution in [0.3, 0.4) is 0 Å². The van der Waals surface area contributed by atoms with E-state index in [0.717, 1.165) is 25.3 Å². The van der Waals surface area contributed by atoms with E-state index >= 15 is 0 Å². The smallest absolute Gasteiger partial charge is 0.119 e. The molecule has 0 saturated heterocycles. The van der Waals surface area contributed by atoms with Gasteiger partial charge in [0.1, 0.15) is 5.84 Å². The summed E-state index contributed by atoms with van der Waals surface area (Å²) in [4.78, 5) is 6.60. The van der Waals surface area contributed by atoms with E-state index in [-0.39, 0.29) is 0 Å². The van der Waals surface area contributed by atoms with Gasteiger partial charge in [-0.1, -0.05) is 37.0 Å². The van der Waals surface area contributed by atoms with Gasteiger partial charge in [-0.2, -0.15) is 0 Å². The first kappa shape index (κ1) is 17.8. The Morgan fingerprint density at radius 3 is 2.67 bits per heavy atom. The largest absolute Gasteiger partial charge is 0.384 e. The molecule has 0 saturated carbocycles. The number of nitrogens with zero attached hydrogens (tertiary/aromatic N) is 2. The Bertz CT molecular complexity index is 496. The lowest BCUT2D eigenvalue weighted by Crippen LogP contribution is -2.26. The molecule has 1 aromatic rings. The Labute approximate surface area is 136 Å². The van der Waals surface area contributed by atoms with Crippen LogP contribution < -0.4 is 11.1 Å². The molecule has 0 amide bonds. The normalized spacial score (nSPS) is 12.3. The number of aliphatic imine (C=N–C) groups is 1. The van der Waals surface area contributed by atoms with Crippen molar-refractivity contribution in [3.05, 3.63) is 40.5 Å². The van der Waals surface area contributed by atoms with Crippen molar-refractivity contribution in [2.24, 2.45) is 10.7 Å². The van der Waals surface area contributed by atoms with Crippen molar-refractivity contribution in [3.8, 4) is 0 Å². The first-order valence-electron chi connectivity index (χ1n) is 6.97. The molecule has 4 nitrogen and oxygen atoms in total. The number of hydrogen-bond acceptors (Lipinski definition) is 3. The van der Waals surface area contributed by atoms with Crippen LogP contribution in [0.25, 0.3) is 0 Å². The van der Waals surface area contributed by atoms with E-state index in [1.165, 1.54) is 0 Å². The van der Waals surface area contributed by atoms with Crippen LogP contribution in [-0.4, -0.2) is 36.9 Å². The molecule has 1 rings (SSSR count). The second-order valence-corrected chi connectivity index (χ2v) is 5.28. The molecule has 3 N–H and O–H groups in total. The maximum atomic E-state index is 6.05. The van der Waals surface area contributed by atoms with Crippen LogP contribution in [0.4, 0.5) is 5.69 Å². The van der Waals surface area contributed by atoms with Crippen LogP contribution in [0.2, 0.25) is 10.0 Å². The number of halogens is 2. The molecular weight excluding hydrogens is 307 g/mol. The predicted molar refractivity (Wildman–Crippen MR) is 93.5 cm³/mol. The number of benzene rings is 1. The lowest BCUT2D eigenvalue weighted by Gasteiger charge is -2.15. The van der Waals surface area contributed by atoms with E-state index in [2.05, 4.69) is 29.1 Å². The third-order valence-electron chi connectivity index (χ3n) is 3.03. The van der Waals surface area contributed by atoms with E-state index in [1.807, 2.05) is 6.07 Å². The highest BCUT2D eigenvalue weighted by Gasteiger charge is 1.99. The fourth-order valence-corrected chi connectivity index (χ4v) is 2.20. The topological polar surface area (TPSA) is 53.6 Å². The summed E-state index contributed by atoms with van der Waals surface area (Å²) in [6, 6.07) is 5.26. The SMILES string of the molecule is CCN(CC)CCN=C(N)/C=C\Nc1ccc(Cl)cc1Cl. The number of nitrogens with one attached hydrogen (secondary N) is 1. The summed E-state index contributed by atoms with van der Waals surface area (Å²) in [6.07, 6.45) is 3.43. The molecule has 116 valence electrons. The number of hydrogen-bond donors (Lipinski definition) is 2. The van der Waals surface area contributed by atoms with E-state index < -0.39 is 0 Å². The fraction of sp³-hybridized carbons (Fsp3) is 0.400. The third kappa shape index (κ3) is 6.85. The van der Waals surface area contributed by atoms with Gasteiger partial charge in [0.05, 0.1) is 17.3 Å². The predicted octanol–water partition coefficient (Wildman–Crippen LogP) is 3.62. The average molecular weight is 329 g/mol. The van der Waals surface area contributed by atoms with Gasteiger partial charge in [-0.25, -0.2) is 0 Å². The van der Waals surface area contributed by atoms with Crippen molar-refractivity contribution < 1.29 is 0 Å². The van der Waals surface area contributed by atoms with Crippen LogP contribution in [0, 0.1) is 0 Å². The van der Waals surface area contributed by atoms with E-state index in [1.54, 1.807) is 24.4 Å². The maximum absolute atomic E-state index is 6.05. The van der Waals surface area contributed by atoms with Crippen molar-refractivity contribution >= 4 is 34.7 Å². The minimum Gasteiger partial charge on any atom is -0.384 e. The lowest BCUT2D eigenvalue weighted by molar-refractivity contribution is 0.313. The highest BCUT2D eigenvalue weighted by molar-refractivity contribution is 6.36. The van der Waals surface area contributed by atoms with Gasteiger partial charge in [0, 0.05) is 17.8 Å². The molecule has 0 heterocycles. The Morgan fingerprint density at radius 2 is 2.05 bits per heavy atom. The lowest BCUT2D eigenvalue weighted by atomic mass is 10.3. The average Bonchev–Trinajstić information content (AvgIpc) is 2.46. The number of anilines is 1. The van der Waals surface area contributed by atoms with Crippen molar-refractivity contribution in [1.82, 2.24) is 4.90 Å². The van der Waals surface area contributed by atoms with Gasteiger partial charge >= 0.3 is 0 Å². The van der Waals surface area contributed by atoms with Crippen molar-refractivity contribution in [1.29, 1.82) is 0 Å². The fourth-order valence-electron chi connectivity index (χ4n) is 1.74. The number of rotatable bonds is 8. The second-order valence-electron chi connectivity index (χ2n) is 4.44. The summed E-state index contributed by atoms with van der Waals surface area (Å²) >= 11 is 11.9. The van der Waals surface area contributed by atoms with Gasteiger partial charge in [0.25, 0.3) is 0 Å². The number of amidine groups is 1. The molecule has 1 aromatic carbocycles. The number of nitrogens with two attached hydrogens (primary N) is 1. The summed E-state index contributed by atoms with van der Waals surface area (Å²) in [6.45, 7) is 7.93. The molecule has 21 heavy (non-hydrogen) atoms. The zero-order valence-electron chi connectivity index (χ0n) is 12.4. The summed E-state index contributed by atoms with van der Waals surface area (Å²) in [5.74, 6) is 0.486. The Hall–Kier alpha value is -1.23. The van der Waals surface area contributed by atoms with Gasteiger partial charge in [-0.05, 0) is 37.4 Å². The zero-order chi connectivity index (χ0) is 15.7. The Morgan fingerprint density at radius 1 is 1.33 bits per heavy atom. The van der Waals surface area contributed by atoms with Crippen molar-refractivity contribution in [2.45, 2.75) is 13.8 Å². The summed E-state index contributed by atoms with van der Waals surface area (Å²) in [5.41, 5.74) is 6.59. The highest BCUT2D eigenvalue weighted by Crippen LogP contribution is 2.25. The minimum atomic E-state index is 0.486. The number of likely N-dealkylation sites (N-methyl/N-ethyl adjacent to an activating group) is 1. The molecular formula is C15H22Cl2N4. The zero-order valence-corrected chi connectivity index (χ0v) is 14.0. The van der Waals surface area contributed by atoms with Crippen molar-refractivity contribution in [2.75, 3.05) is 31.5 Å². The quantitative estimate of drug-likeness (QED) is 0.566. The van der Waals surface area contributed by atoms with Crippen LogP contribution in [-0.2, 0) is 0 Å². The van der Waals surface area contributed by atoms with Gasteiger partial charge in [-0.3, -0.25) is 4.99 Å². The van der Waals surface area contributed by atoms with Crippen LogP contribution in [0.1, 0.15) is 13.8 Å². The molecule has 0 aliphatic carbocycles. The molecule has 0 fully saturated rings. The van der Waals surface area contributed by atoms with Crippen LogP contribution in [0.5, 0.6) is 0 Å². The third-order valence-corrected chi connectivity index (χ3v) is 3.58. The van der Waals surface area contributed by atoms with Crippen molar-refractivity contribution in [3.63, 3.8) is 0 Å². The standard InChI is InChI=1S/C15H22Cl2N4/c1-3-21(4-2)10-9-20-15(18)7-8-19-14-6-5-12(16)11-13(14)17/h5-8,11,19H,3-4,9-10H2,1-2H3,(H2,18,20)/b8-7-. The molecule has 0 aliphatic heterocycles. The molecule has 0 atom stereocenters. The monoisotopic (exact) mass is 328 g/mol. The molecule has 0 bridgehead atoms. The highest BCUT2D eigenvalue weighted by atomic mass is 35.5. The Kier molecular flexibility index (Phi) is 8.20. The van der Waals surface area contributed by atoms with Gasteiger partial charge in [-0.15, -0.1) is 0 Å². The Balaban J connectivity index is 2.44. The summed E-state index contributed by atoms with van der Waals surface area (Å²) < 4.78 is 0. The summed E-state index contributed by atoms with van der Waals surface area (Å²) in [7, 11) is 0. The first-order chi connectivity index (χ1) is 10.1. The van der Waals surface area contributed by atoms with Gasteiger partial charge < -0.3 is 16.0 Å². The van der Waals surface area contributed by atoms with Crippen LogP contribution in [0.15, 0.2) is 35.5 Å². The molecule has 6 heteroatoms. The first-order valence-corrected chi connectivity index (χ1v) is 7.72. The van der Waals surface area contributed by atoms with E-state index in [0.29, 0.717) is 22.4 Å². The molecule has 0 unspecified atom stereocenters. The molecule has 0 aliphatic rings. The molecule has 0 radical (unpaired) electrons.